The minimum Gasteiger partial charge on any atom is -0.294 e. The van der Waals surface area contributed by atoms with Crippen LogP contribution in [-0.2, 0) is 16.4 Å². The van der Waals surface area contributed by atoms with Crippen molar-refractivity contribution in [2.45, 2.75) is 36.1 Å². The highest BCUT2D eigenvalue weighted by Crippen LogP contribution is 2.31. The molecule has 0 saturated carbocycles. The van der Waals surface area contributed by atoms with Gasteiger partial charge in [0.15, 0.2) is 5.78 Å². The molecule has 3 rings (SSSR count). The lowest BCUT2D eigenvalue weighted by Gasteiger charge is -2.13. The number of Topliss-reactive ketones (excluding diaryl/α,β-unsaturated/α-hetero) is 1. The molecule has 1 aliphatic carbocycles. The number of thioether (sulfide) groups is 1. The summed E-state index contributed by atoms with van der Waals surface area (Å²) in [6.07, 6.45) is 3.47. The molecule has 2 aromatic rings. The van der Waals surface area contributed by atoms with E-state index in [4.69, 9.17) is 0 Å². The Bertz CT molecular complexity index is 836. The van der Waals surface area contributed by atoms with Crippen LogP contribution in [0.5, 0.6) is 0 Å². The van der Waals surface area contributed by atoms with E-state index in [9.17, 15) is 13.2 Å². The van der Waals surface area contributed by atoms with E-state index in [2.05, 4.69) is 5.10 Å². The third kappa shape index (κ3) is 2.38. The standard InChI is InChI=1S/C15H16N2O3S2/c1-10-6-8-11(9-7-10)22(19,20)17-12-4-3-5-13(18)14(12)15(16-17)21-2/h6-9H,3-5H2,1-2H3. The van der Waals surface area contributed by atoms with E-state index in [0.717, 1.165) is 9.65 Å². The van der Waals surface area contributed by atoms with Crippen molar-refractivity contribution >= 4 is 27.6 Å². The number of benzene rings is 1. The smallest absolute Gasteiger partial charge is 0.283 e. The Morgan fingerprint density at radius 3 is 2.50 bits per heavy atom. The molecular formula is C15H16N2O3S2. The Balaban J connectivity index is 2.20. The van der Waals surface area contributed by atoms with Crippen LogP contribution in [0.2, 0.25) is 0 Å². The third-order valence-electron chi connectivity index (χ3n) is 3.75. The fourth-order valence-electron chi connectivity index (χ4n) is 2.61. The molecule has 0 spiro atoms. The predicted molar refractivity (Wildman–Crippen MR) is 85.0 cm³/mol. The Morgan fingerprint density at radius 2 is 1.86 bits per heavy atom. The van der Waals surface area contributed by atoms with E-state index < -0.39 is 10.0 Å². The van der Waals surface area contributed by atoms with Gasteiger partial charge in [-0.3, -0.25) is 4.79 Å². The lowest BCUT2D eigenvalue weighted by atomic mass is 9.97. The van der Waals surface area contributed by atoms with Crippen LogP contribution in [-0.4, -0.2) is 29.6 Å². The zero-order chi connectivity index (χ0) is 15.9. The fourth-order valence-corrected chi connectivity index (χ4v) is 4.60. The number of aryl methyl sites for hydroxylation is 1. The van der Waals surface area contributed by atoms with Gasteiger partial charge >= 0.3 is 0 Å². The van der Waals surface area contributed by atoms with E-state index in [0.29, 0.717) is 35.5 Å². The van der Waals surface area contributed by atoms with Gasteiger partial charge in [-0.25, -0.2) is 0 Å². The van der Waals surface area contributed by atoms with Gasteiger partial charge in [0.2, 0.25) is 0 Å². The zero-order valence-corrected chi connectivity index (χ0v) is 14.0. The van der Waals surface area contributed by atoms with Crippen LogP contribution < -0.4 is 0 Å². The van der Waals surface area contributed by atoms with Crippen LogP contribution in [0.1, 0.15) is 34.5 Å². The Kier molecular flexibility index (Phi) is 3.86. The van der Waals surface area contributed by atoms with Crippen LogP contribution >= 0.6 is 11.8 Å². The quantitative estimate of drug-likeness (QED) is 0.806. The van der Waals surface area contributed by atoms with Crippen LogP contribution in [0.4, 0.5) is 0 Å². The first-order chi connectivity index (χ1) is 10.4. The summed E-state index contributed by atoms with van der Waals surface area (Å²) in [5, 5.41) is 4.70. The molecule has 0 aliphatic heterocycles. The number of rotatable bonds is 3. The van der Waals surface area contributed by atoms with Gasteiger partial charge in [0.1, 0.15) is 5.03 Å². The lowest BCUT2D eigenvalue weighted by molar-refractivity contribution is 0.0969. The largest absolute Gasteiger partial charge is 0.294 e. The topological polar surface area (TPSA) is 69.0 Å². The van der Waals surface area contributed by atoms with Crippen LogP contribution in [0.25, 0.3) is 0 Å². The van der Waals surface area contributed by atoms with Crippen molar-refractivity contribution < 1.29 is 13.2 Å². The lowest BCUT2D eigenvalue weighted by Crippen LogP contribution is -2.20. The first-order valence-electron chi connectivity index (χ1n) is 6.96. The summed E-state index contributed by atoms with van der Waals surface area (Å²) in [4.78, 5) is 12.3. The molecule has 0 bridgehead atoms. The number of carbonyl (C=O) groups is 1. The molecule has 1 heterocycles. The molecule has 1 aliphatic rings. The number of nitrogens with zero attached hydrogens (tertiary/aromatic N) is 2. The van der Waals surface area contributed by atoms with Gasteiger partial charge in [0, 0.05) is 6.42 Å². The Morgan fingerprint density at radius 1 is 1.18 bits per heavy atom. The SMILES string of the molecule is CSc1nn(S(=O)(=O)c2ccc(C)cc2)c2c1C(=O)CCC2. The van der Waals surface area contributed by atoms with Crippen LogP contribution in [0.15, 0.2) is 34.2 Å². The van der Waals surface area contributed by atoms with Crippen molar-refractivity contribution in [3.8, 4) is 0 Å². The molecular weight excluding hydrogens is 320 g/mol. The number of aromatic nitrogens is 2. The van der Waals surface area contributed by atoms with Gasteiger partial charge in [-0.1, -0.05) is 17.7 Å². The Labute approximate surface area is 133 Å². The molecule has 22 heavy (non-hydrogen) atoms. The summed E-state index contributed by atoms with van der Waals surface area (Å²) in [5.41, 5.74) is 1.98. The molecule has 7 heteroatoms. The molecule has 0 N–H and O–H groups in total. The van der Waals surface area contributed by atoms with Crippen LogP contribution in [0, 0.1) is 6.92 Å². The summed E-state index contributed by atoms with van der Waals surface area (Å²) >= 11 is 1.30. The minimum atomic E-state index is -3.77. The van der Waals surface area contributed by atoms with Crippen LogP contribution in [0.3, 0.4) is 0 Å². The minimum absolute atomic E-state index is 0.0176. The second-order valence-corrected chi connectivity index (χ2v) is 7.83. The first kappa shape index (κ1) is 15.3. The average molecular weight is 336 g/mol. The van der Waals surface area contributed by atoms with Crippen molar-refractivity contribution in [2.75, 3.05) is 6.26 Å². The summed E-state index contributed by atoms with van der Waals surface area (Å²) in [6.45, 7) is 1.90. The first-order valence-corrected chi connectivity index (χ1v) is 9.63. The van der Waals surface area contributed by atoms with Gasteiger partial charge in [0.25, 0.3) is 10.0 Å². The van der Waals surface area contributed by atoms with Crippen molar-refractivity contribution in [3.63, 3.8) is 0 Å². The molecule has 0 saturated heterocycles. The van der Waals surface area contributed by atoms with E-state index >= 15 is 0 Å². The van der Waals surface area contributed by atoms with Gasteiger partial charge < -0.3 is 0 Å². The second kappa shape index (κ2) is 5.55. The number of hydrogen-bond donors (Lipinski definition) is 0. The molecule has 0 unspecified atom stereocenters. The molecule has 0 fully saturated rings. The number of hydrogen-bond acceptors (Lipinski definition) is 5. The highest BCUT2D eigenvalue weighted by atomic mass is 32.2. The summed E-state index contributed by atoms with van der Waals surface area (Å²) < 4.78 is 26.7. The third-order valence-corrected chi connectivity index (χ3v) is 6.05. The molecule has 0 amide bonds. The molecule has 0 radical (unpaired) electrons. The molecule has 0 atom stereocenters. The molecule has 116 valence electrons. The molecule has 1 aromatic heterocycles. The summed E-state index contributed by atoms with van der Waals surface area (Å²) in [6, 6.07) is 6.65. The van der Waals surface area contributed by atoms with Crippen molar-refractivity contribution in [3.05, 3.63) is 41.1 Å². The van der Waals surface area contributed by atoms with Gasteiger partial charge in [-0.15, -0.1) is 11.8 Å². The maximum absolute atomic E-state index is 12.8. The van der Waals surface area contributed by atoms with E-state index in [1.807, 2.05) is 6.92 Å². The fraction of sp³-hybridized carbons (Fsp3) is 0.333. The van der Waals surface area contributed by atoms with Gasteiger partial charge in [-0.2, -0.15) is 17.6 Å². The second-order valence-electron chi connectivity index (χ2n) is 5.27. The zero-order valence-electron chi connectivity index (χ0n) is 12.4. The normalized spacial score (nSPS) is 14.9. The van der Waals surface area contributed by atoms with Crippen molar-refractivity contribution in [1.29, 1.82) is 0 Å². The maximum atomic E-state index is 12.8. The van der Waals surface area contributed by atoms with Gasteiger partial charge in [0.05, 0.1) is 16.2 Å². The maximum Gasteiger partial charge on any atom is 0.283 e. The summed E-state index contributed by atoms with van der Waals surface area (Å²) in [7, 11) is -3.77. The van der Waals surface area contributed by atoms with Crippen molar-refractivity contribution in [1.82, 2.24) is 9.19 Å². The highest BCUT2D eigenvalue weighted by Gasteiger charge is 2.31. The van der Waals surface area contributed by atoms with Crippen molar-refractivity contribution in [2.24, 2.45) is 0 Å². The number of fused-ring (bicyclic) bond motifs is 1. The number of ketones is 1. The summed E-state index contributed by atoms with van der Waals surface area (Å²) in [5.74, 6) is -0.0176. The average Bonchev–Trinajstić information content (AvgIpc) is 2.88. The molecule has 1 aromatic carbocycles. The molecule has 5 nitrogen and oxygen atoms in total. The monoisotopic (exact) mass is 336 g/mol. The highest BCUT2D eigenvalue weighted by molar-refractivity contribution is 7.98. The van der Waals surface area contributed by atoms with Gasteiger partial charge in [-0.05, 0) is 38.2 Å². The van der Waals surface area contributed by atoms with E-state index in [-0.39, 0.29) is 10.7 Å². The predicted octanol–water partition coefficient (Wildman–Crippen LogP) is 2.67. The Hall–Kier alpha value is -1.60. The number of carbonyl (C=O) groups excluding carboxylic acids is 1. The van der Waals surface area contributed by atoms with E-state index in [1.54, 1.807) is 30.5 Å². The van der Waals surface area contributed by atoms with E-state index in [1.165, 1.54) is 11.8 Å².